The van der Waals surface area contributed by atoms with E-state index in [1.807, 2.05) is 54.5 Å². The van der Waals surface area contributed by atoms with Gasteiger partial charge in [-0.3, -0.25) is 14.0 Å². The number of fused-ring (bicyclic) bond motifs is 1. The van der Waals surface area contributed by atoms with Gasteiger partial charge in [0.1, 0.15) is 5.69 Å². The second-order valence-corrected chi connectivity index (χ2v) is 10.3. The first-order valence-electron chi connectivity index (χ1n) is 11.4. The molecule has 176 valence electrons. The topological polar surface area (TPSA) is 72.5 Å². The summed E-state index contributed by atoms with van der Waals surface area (Å²) in [5.74, 6) is 0.711. The summed E-state index contributed by atoms with van der Waals surface area (Å²) in [6.07, 6.45) is 2.24. The van der Waals surface area contributed by atoms with E-state index in [0.717, 1.165) is 37.3 Å². The van der Waals surface area contributed by atoms with Gasteiger partial charge in [-0.1, -0.05) is 18.5 Å². The third-order valence-electron chi connectivity index (χ3n) is 6.50. The minimum Gasteiger partial charge on any atom is -0.342 e. The summed E-state index contributed by atoms with van der Waals surface area (Å²) < 4.78 is 3.36. The van der Waals surface area contributed by atoms with Crippen molar-refractivity contribution in [2.75, 3.05) is 13.1 Å². The number of amides is 1. The van der Waals surface area contributed by atoms with Crippen LogP contribution in [0.15, 0.2) is 40.5 Å². The van der Waals surface area contributed by atoms with Crippen LogP contribution in [-0.4, -0.2) is 43.1 Å². The fourth-order valence-electron chi connectivity index (χ4n) is 4.49. The highest BCUT2D eigenvalue weighted by Crippen LogP contribution is 2.24. The highest BCUT2D eigenvalue weighted by atomic mass is 35.5. The molecule has 4 heterocycles. The minimum atomic E-state index is -0.195. The Hall–Kier alpha value is -2.97. The van der Waals surface area contributed by atoms with E-state index in [4.69, 9.17) is 16.7 Å². The molecule has 3 aromatic heterocycles. The highest BCUT2D eigenvalue weighted by Gasteiger charge is 2.23. The normalized spacial score (nSPS) is 14.8. The Morgan fingerprint density at radius 1 is 1.18 bits per heavy atom. The van der Waals surface area contributed by atoms with E-state index < -0.39 is 0 Å². The lowest BCUT2D eigenvalue weighted by Crippen LogP contribution is -2.39. The van der Waals surface area contributed by atoms with Crippen molar-refractivity contribution >= 4 is 33.8 Å². The van der Waals surface area contributed by atoms with Gasteiger partial charge in [0.05, 0.1) is 23.4 Å². The largest absolute Gasteiger partial charge is 0.342 e. The van der Waals surface area contributed by atoms with Crippen LogP contribution >= 0.6 is 22.9 Å². The molecule has 0 spiro atoms. The molecule has 4 aromatic rings. The summed E-state index contributed by atoms with van der Waals surface area (Å²) in [6, 6.07) is 9.28. The summed E-state index contributed by atoms with van der Waals surface area (Å²) in [6.45, 7) is 7.55. The zero-order chi connectivity index (χ0) is 24.0. The Morgan fingerprint density at radius 2 is 1.88 bits per heavy atom. The Kier molecular flexibility index (Phi) is 6.04. The average molecular weight is 496 g/mol. The number of halogens is 1. The Balaban J connectivity index is 1.52. The van der Waals surface area contributed by atoms with Crippen molar-refractivity contribution in [3.8, 4) is 16.9 Å². The van der Waals surface area contributed by atoms with E-state index in [0.29, 0.717) is 38.5 Å². The lowest BCUT2D eigenvalue weighted by Gasteiger charge is -2.30. The van der Waals surface area contributed by atoms with E-state index in [-0.39, 0.29) is 17.9 Å². The number of carbonyl (C=O) groups is 1. The van der Waals surface area contributed by atoms with Crippen molar-refractivity contribution in [3.63, 3.8) is 0 Å². The summed E-state index contributed by atoms with van der Waals surface area (Å²) in [7, 11) is 0. The van der Waals surface area contributed by atoms with Gasteiger partial charge in [-0.05, 0) is 62.9 Å². The van der Waals surface area contributed by atoms with Gasteiger partial charge in [0.25, 0.3) is 5.56 Å². The SMILES string of the molecule is Cc1nc2scc(CC(=O)N3CCC(C)CC3)n2c(=O)c1-c1cc(C)n(-c2ccc(Cl)cc2)n1. The predicted molar refractivity (Wildman–Crippen MR) is 135 cm³/mol. The number of hydrogen-bond acceptors (Lipinski definition) is 5. The summed E-state index contributed by atoms with van der Waals surface area (Å²) in [5, 5.41) is 7.23. The lowest BCUT2D eigenvalue weighted by molar-refractivity contribution is -0.131. The van der Waals surface area contributed by atoms with E-state index in [1.54, 1.807) is 9.08 Å². The predicted octanol–water partition coefficient (Wildman–Crippen LogP) is 4.68. The van der Waals surface area contributed by atoms with Crippen LogP contribution in [0.25, 0.3) is 21.9 Å². The number of likely N-dealkylation sites (tertiary alicyclic amines) is 1. The molecule has 1 fully saturated rings. The van der Waals surface area contributed by atoms with E-state index >= 15 is 0 Å². The van der Waals surface area contributed by atoms with Crippen LogP contribution in [-0.2, 0) is 11.2 Å². The second-order valence-electron chi connectivity index (χ2n) is 9.02. The Labute approximate surface area is 206 Å². The smallest absolute Gasteiger partial charge is 0.268 e. The van der Waals surface area contributed by atoms with Crippen molar-refractivity contribution in [1.82, 2.24) is 24.1 Å². The quantitative estimate of drug-likeness (QED) is 0.412. The molecule has 1 aliphatic rings. The molecule has 7 nitrogen and oxygen atoms in total. The lowest BCUT2D eigenvalue weighted by atomic mass is 9.99. The molecule has 1 aromatic carbocycles. The molecule has 9 heteroatoms. The molecular formula is C25H26ClN5O2S. The van der Waals surface area contributed by atoms with Crippen molar-refractivity contribution in [1.29, 1.82) is 0 Å². The Bertz CT molecular complexity index is 1430. The molecular weight excluding hydrogens is 470 g/mol. The number of thiazole rings is 1. The standard InChI is InChI=1S/C25H26ClN5O2S/c1-15-8-10-29(11-9-15)22(32)13-20-14-34-25-27-17(3)23(24(33)30(20)25)21-12-16(2)31(28-21)19-6-4-18(26)5-7-19/h4-7,12,14-15H,8-11,13H2,1-3H3. The number of piperidine rings is 1. The average Bonchev–Trinajstić information content (AvgIpc) is 3.38. The summed E-state index contributed by atoms with van der Waals surface area (Å²) in [4.78, 5) is 33.8. The van der Waals surface area contributed by atoms with Gasteiger partial charge in [-0.25, -0.2) is 9.67 Å². The number of aromatic nitrogens is 4. The van der Waals surface area contributed by atoms with Gasteiger partial charge in [0.2, 0.25) is 5.91 Å². The fraction of sp³-hybridized carbons (Fsp3) is 0.360. The fourth-order valence-corrected chi connectivity index (χ4v) is 5.54. The molecule has 34 heavy (non-hydrogen) atoms. The van der Waals surface area contributed by atoms with Crippen molar-refractivity contribution in [3.05, 3.63) is 68.2 Å². The van der Waals surface area contributed by atoms with Crippen molar-refractivity contribution in [2.45, 2.75) is 40.0 Å². The third kappa shape index (κ3) is 4.16. The van der Waals surface area contributed by atoms with Crippen LogP contribution < -0.4 is 5.56 Å². The number of hydrogen-bond donors (Lipinski definition) is 0. The van der Waals surface area contributed by atoms with Gasteiger partial charge < -0.3 is 4.90 Å². The minimum absolute atomic E-state index is 0.0588. The van der Waals surface area contributed by atoms with Gasteiger partial charge in [0.15, 0.2) is 4.96 Å². The molecule has 1 saturated heterocycles. The number of carbonyl (C=O) groups excluding carboxylic acids is 1. The van der Waals surface area contributed by atoms with Crippen LogP contribution in [0.5, 0.6) is 0 Å². The van der Waals surface area contributed by atoms with Crippen LogP contribution in [0, 0.1) is 19.8 Å². The molecule has 1 aliphatic heterocycles. The summed E-state index contributed by atoms with van der Waals surface area (Å²) >= 11 is 7.41. The monoisotopic (exact) mass is 495 g/mol. The first kappa shape index (κ1) is 22.8. The number of aryl methyl sites for hydroxylation is 2. The maximum absolute atomic E-state index is 13.7. The molecule has 0 unspecified atom stereocenters. The summed E-state index contributed by atoms with van der Waals surface area (Å²) in [5.41, 5.74) is 3.86. The van der Waals surface area contributed by atoms with Crippen LogP contribution in [0.1, 0.15) is 36.8 Å². The molecule has 1 amide bonds. The maximum Gasteiger partial charge on any atom is 0.268 e. The van der Waals surface area contributed by atoms with Gasteiger partial charge in [-0.15, -0.1) is 11.3 Å². The first-order chi connectivity index (χ1) is 16.3. The first-order valence-corrected chi connectivity index (χ1v) is 12.7. The van der Waals surface area contributed by atoms with Crippen LogP contribution in [0.3, 0.4) is 0 Å². The second kappa shape index (κ2) is 9.00. The molecule has 0 N–H and O–H groups in total. The number of nitrogens with zero attached hydrogens (tertiary/aromatic N) is 5. The van der Waals surface area contributed by atoms with Gasteiger partial charge in [0, 0.05) is 34.9 Å². The molecule has 0 saturated carbocycles. The number of benzene rings is 1. The molecule has 0 atom stereocenters. The molecule has 0 aliphatic carbocycles. The van der Waals surface area contributed by atoms with E-state index in [1.165, 1.54) is 11.3 Å². The zero-order valence-electron chi connectivity index (χ0n) is 19.4. The molecule has 0 radical (unpaired) electrons. The zero-order valence-corrected chi connectivity index (χ0v) is 21.0. The molecule has 0 bridgehead atoms. The van der Waals surface area contributed by atoms with Gasteiger partial charge >= 0.3 is 0 Å². The van der Waals surface area contributed by atoms with E-state index in [2.05, 4.69) is 11.9 Å². The van der Waals surface area contributed by atoms with Crippen LogP contribution in [0.2, 0.25) is 5.02 Å². The van der Waals surface area contributed by atoms with Crippen molar-refractivity contribution < 1.29 is 4.79 Å². The number of rotatable bonds is 4. The van der Waals surface area contributed by atoms with E-state index in [9.17, 15) is 9.59 Å². The van der Waals surface area contributed by atoms with Crippen molar-refractivity contribution in [2.24, 2.45) is 5.92 Å². The highest BCUT2D eigenvalue weighted by molar-refractivity contribution is 7.15. The maximum atomic E-state index is 13.7. The molecule has 5 rings (SSSR count). The third-order valence-corrected chi connectivity index (χ3v) is 7.63. The van der Waals surface area contributed by atoms with Crippen LogP contribution in [0.4, 0.5) is 0 Å². The van der Waals surface area contributed by atoms with Gasteiger partial charge in [-0.2, -0.15) is 5.10 Å². The Morgan fingerprint density at radius 3 is 2.59 bits per heavy atom.